The van der Waals surface area contributed by atoms with E-state index in [0.717, 1.165) is 22.0 Å². The van der Waals surface area contributed by atoms with Crippen molar-refractivity contribution in [2.24, 2.45) is 0 Å². The summed E-state index contributed by atoms with van der Waals surface area (Å²) in [7, 11) is 1.64. The molecule has 4 aromatic rings. The molecule has 0 atom stereocenters. The van der Waals surface area contributed by atoms with Crippen LogP contribution in [-0.4, -0.2) is 49.5 Å². The van der Waals surface area contributed by atoms with Gasteiger partial charge in [0.25, 0.3) is 5.91 Å². The van der Waals surface area contributed by atoms with Crippen LogP contribution in [0.25, 0.3) is 16.4 Å². The summed E-state index contributed by atoms with van der Waals surface area (Å²) in [6.45, 7) is 0.455. The van der Waals surface area contributed by atoms with Crippen LogP contribution in [0.4, 0.5) is 0 Å². The number of aromatic nitrogens is 6. The Morgan fingerprint density at radius 2 is 2.03 bits per heavy atom. The molecule has 29 heavy (non-hydrogen) atoms. The van der Waals surface area contributed by atoms with Gasteiger partial charge in [0.05, 0.1) is 12.8 Å². The van der Waals surface area contributed by atoms with Gasteiger partial charge >= 0.3 is 0 Å². The van der Waals surface area contributed by atoms with Crippen LogP contribution < -0.4 is 10.1 Å². The van der Waals surface area contributed by atoms with Crippen LogP contribution in [0.2, 0.25) is 0 Å². The predicted molar refractivity (Wildman–Crippen MR) is 107 cm³/mol. The fraction of sp³-hybridized carbons (Fsp3) is 0.158. The van der Waals surface area contributed by atoms with Gasteiger partial charge in [-0.1, -0.05) is 0 Å². The van der Waals surface area contributed by atoms with Crippen molar-refractivity contribution in [3.63, 3.8) is 0 Å². The third-order valence-electron chi connectivity index (χ3n) is 4.09. The molecular formula is C19H17N7O2S. The standard InChI is InChI=1S/C19H17N7O2S/c1-28-15-4-2-13(3-5-15)19-23-14(10-29-19)8-9-21-18(27)16-6-7-17(25-24-16)26-12-20-11-22-26/h2-7,10-12H,8-9H2,1H3,(H,21,27). The van der Waals surface area contributed by atoms with Crippen LogP contribution in [0.3, 0.4) is 0 Å². The van der Waals surface area contributed by atoms with E-state index in [4.69, 9.17) is 4.74 Å². The Morgan fingerprint density at radius 3 is 2.72 bits per heavy atom. The number of ether oxygens (including phenoxy) is 1. The number of benzene rings is 1. The molecule has 146 valence electrons. The molecule has 0 radical (unpaired) electrons. The Balaban J connectivity index is 1.30. The first-order valence-electron chi connectivity index (χ1n) is 8.78. The maximum Gasteiger partial charge on any atom is 0.271 e. The monoisotopic (exact) mass is 407 g/mol. The highest BCUT2D eigenvalue weighted by molar-refractivity contribution is 7.13. The van der Waals surface area contributed by atoms with Crippen molar-refractivity contribution >= 4 is 17.2 Å². The van der Waals surface area contributed by atoms with E-state index in [0.29, 0.717) is 18.8 Å². The molecule has 0 unspecified atom stereocenters. The topological polar surface area (TPSA) is 108 Å². The Morgan fingerprint density at radius 1 is 1.17 bits per heavy atom. The molecule has 1 N–H and O–H groups in total. The predicted octanol–water partition coefficient (Wildman–Crippen LogP) is 2.16. The molecule has 0 aliphatic rings. The van der Waals surface area contributed by atoms with E-state index in [-0.39, 0.29) is 11.6 Å². The second-order valence-electron chi connectivity index (χ2n) is 6.00. The van der Waals surface area contributed by atoms with Crippen LogP contribution in [0.1, 0.15) is 16.2 Å². The van der Waals surface area contributed by atoms with Gasteiger partial charge in [-0.05, 0) is 36.4 Å². The fourth-order valence-corrected chi connectivity index (χ4v) is 3.44. The largest absolute Gasteiger partial charge is 0.497 e. The number of amides is 1. The smallest absolute Gasteiger partial charge is 0.271 e. The molecule has 1 aromatic carbocycles. The van der Waals surface area contributed by atoms with Gasteiger partial charge in [0, 0.05) is 23.9 Å². The lowest BCUT2D eigenvalue weighted by atomic mass is 10.2. The van der Waals surface area contributed by atoms with Gasteiger partial charge in [-0.3, -0.25) is 4.79 Å². The number of methoxy groups -OCH3 is 1. The zero-order chi connectivity index (χ0) is 20.1. The van der Waals surface area contributed by atoms with Crippen molar-refractivity contribution in [3.8, 4) is 22.1 Å². The van der Waals surface area contributed by atoms with Crippen LogP contribution >= 0.6 is 11.3 Å². The average Bonchev–Trinajstić information content (AvgIpc) is 3.46. The number of thiazole rings is 1. The fourth-order valence-electron chi connectivity index (χ4n) is 2.58. The van der Waals surface area contributed by atoms with E-state index in [9.17, 15) is 4.79 Å². The lowest BCUT2D eigenvalue weighted by Crippen LogP contribution is -2.27. The Bertz CT molecular complexity index is 1080. The zero-order valence-electron chi connectivity index (χ0n) is 15.5. The van der Waals surface area contributed by atoms with Gasteiger partial charge in [0.2, 0.25) is 0 Å². The summed E-state index contributed by atoms with van der Waals surface area (Å²) >= 11 is 1.57. The summed E-state index contributed by atoms with van der Waals surface area (Å²) in [5.41, 5.74) is 2.20. The second kappa shape index (κ2) is 8.57. The molecule has 3 heterocycles. The molecule has 0 fully saturated rings. The van der Waals surface area contributed by atoms with Crippen LogP contribution in [0.5, 0.6) is 5.75 Å². The molecule has 0 spiro atoms. The molecule has 0 saturated carbocycles. The number of carbonyl (C=O) groups is 1. The Labute approximate surface area is 170 Å². The summed E-state index contributed by atoms with van der Waals surface area (Å²) in [5, 5.41) is 17.7. The van der Waals surface area contributed by atoms with E-state index in [2.05, 4.69) is 30.6 Å². The summed E-state index contributed by atoms with van der Waals surface area (Å²) in [4.78, 5) is 20.7. The van der Waals surface area contributed by atoms with E-state index < -0.39 is 0 Å². The maximum atomic E-state index is 12.2. The highest BCUT2D eigenvalue weighted by atomic mass is 32.1. The molecule has 9 nitrogen and oxygen atoms in total. The van der Waals surface area contributed by atoms with Gasteiger partial charge in [-0.2, -0.15) is 5.10 Å². The molecule has 10 heteroatoms. The number of hydrogen-bond acceptors (Lipinski definition) is 8. The van der Waals surface area contributed by atoms with Crippen molar-refractivity contribution < 1.29 is 9.53 Å². The highest BCUT2D eigenvalue weighted by Gasteiger charge is 2.10. The van der Waals surface area contributed by atoms with Gasteiger partial charge in [-0.25, -0.2) is 14.6 Å². The van der Waals surface area contributed by atoms with Gasteiger partial charge in [0.1, 0.15) is 23.4 Å². The number of nitrogens with zero attached hydrogens (tertiary/aromatic N) is 6. The minimum atomic E-state index is -0.284. The van der Waals surface area contributed by atoms with Crippen molar-refractivity contribution in [1.29, 1.82) is 0 Å². The lowest BCUT2D eigenvalue weighted by molar-refractivity contribution is 0.0948. The van der Waals surface area contributed by atoms with Crippen molar-refractivity contribution in [1.82, 2.24) is 35.3 Å². The summed E-state index contributed by atoms with van der Waals surface area (Å²) in [5.74, 6) is 1.02. The minimum Gasteiger partial charge on any atom is -0.497 e. The quantitative estimate of drug-likeness (QED) is 0.500. The molecule has 4 rings (SSSR count). The molecular weight excluding hydrogens is 390 g/mol. The first-order valence-corrected chi connectivity index (χ1v) is 9.66. The van der Waals surface area contributed by atoms with Crippen molar-refractivity contribution in [3.05, 3.63) is 65.8 Å². The normalized spacial score (nSPS) is 10.7. The first kappa shape index (κ1) is 18.7. The maximum absolute atomic E-state index is 12.2. The highest BCUT2D eigenvalue weighted by Crippen LogP contribution is 2.25. The van der Waals surface area contributed by atoms with Crippen LogP contribution in [-0.2, 0) is 6.42 Å². The van der Waals surface area contributed by atoms with Gasteiger partial charge in [-0.15, -0.1) is 21.5 Å². The van der Waals surface area contributed by atoms with E-state index in [1.165, 1.54) is 17.3 Å². The second-order valence-corrected chi connectivity index (χ2v) is 6.85. The number of nitrogens with one attached hydrogen (secondary N) is 1. The number of hydrogen-bond donors (Lipinski definition) is 1. The molecule has 0 aliphatic carbocycles. The summed E-state index contributed by atoms with van der Waals surface area (Å²) in [6, 6.07) is 11.0. The molecule has 0 aliphatic heterocycles. The van der Waals surface area contributed by atoms with E-state index in [1.54, 1.807) is 30.6 Å². The molecule has 0 bridgehead atoms. The molecule has 1 amide bonds. The zero-order valence-corrected chi connectivity index (χ0v) is 16.3. The average molecular weight is 407 g/mol. The third kappa shape index (κ3) is 4.43. The lowest BCUT2D eigenvalue weighted by Gasteiger charge is -2.04. The van der Waals surface area contributed by atoms with Crippen LogP contribution in [0.15, 0.2) is 54.4 Å². The SMILES string of the molecule is COc1ccc(-c2nc(CCNC(=O)c3ccc(-n4cncn4)nn3)cs2)cc1. The summed E-state index contributed by atoms with van der Waals surface area (Å²) < 4.78 is 6.64. The molecule has 3 aromatic heterocycles. The third-order valence-corrected chi connectivity index (χ3v) is 5.03. The summed E-state index contributed by atoms with van der Waals surface area (Å²) in [6.07, 6.45) is 3.54. The molecule has 0 saturated heterocycles. The van der Waals surface area contributed by atoms with Crippen molar-refractivity contribution in [2.45, 2.75) is 6.42 Å². The van der Waals surface area contributed by atoms with Crippen LogP contribution in [0, 0.1) is 0 Å². The van der Waals surface area contributed by atoms with E-state index in [1.807, 2.05) is 29.6 Å². The number of rotatable bonds is 7. The van der Waals surface area contributed by atoms with Crippen molar-refractivity contribution in [2.75, 3.05) is 13.7 Å². The minimum absolute atomic E-state index is 0.242. The first-order chi connectivity index (χ1) is 14.2. The number of carbonyl (C=O) groups excluding carboxylic acids is 1. The Kier molecular flexibility index (Phi) is 5.52. The van der Waals surface area contributed by atoms with Gasteiger partial charge in [0.15, 0.2) is 11.5 Å². The Hall–Kier alpha value is -3.66. The van der Waals surface area contributed by atoms with Gasteiger partial charge < -0.3 is 10.1 Å². The van der Waals surface area contributed by atoms with E-state index >= 15 is 0 Å².